The Bertz CT molecular complexity index is 963. The van der Waals surface area contributed by atoms with E-state index in [1.54, 1.807) is 0 Å². The van der Waals surface area contributed by atoms with Crippen molar-refractivity contribution in [2.75, 3.05) is 0 Å². The Morgan fingerprint density at radius 3 is 2.12 bits per heavy atom. The zero-order valence-electron chi connectivity index (χ0n) is 15.7. The fourth-order valence-corrected chi connectivity index (χ4v) is 2.80. The van der Waals surface area contributed by atoms with Gasteiger partial charge >= 0.3 is 0 Å². The lowest BCUT2D eigenvalue weighted by molar-refractivity contribution is 0.0955. The Hall–Kier alpha value is -2.94. The van der Waals surface area contributed by atoms with Crippen LogP contribution in [-0.4, -0.2) is 11.6 Å². The number of nitrogens with one attached hydrogen (secondary N) is 1. The number of carbonyl (C=O) groups is 1. The molecule has 0 saturated heterocycles. The summed E-state index contributed by atoms with van der Waals surface area (Å²) in [5.74, 6) is -0.203. The molecule has 0 aliphatic carbocycles. The van der Waals surface area contributed by atoms with Crippen LogP contribution in [0.1, 0.15) is 49.2 Å². The van der Waals surface area contributed by atoms with Gasteiger partial charge < -0.3 is 0 Å². The van der Waals surface area contributed by atoms with Crippen LogP contribution in [0.25, 0.3) is 10.8 Å². The Morgan fingerprint density at radius 2 is 1.46 bits per heavy atom. The molecule has 26 heavy (non-hydrogen) atoms. The van der Waals surface area contributed by atoms with Crippen LogP contribution in [0.2, 0.25) is 0 Å². The summed E-state index contributed by atoms with van der Waals surface area (Å²) in [6.07, 6.45) is 0. The van der Waals surface area contributed by atoms with E-state index in [1.165, 1.54) is 10.9 Å². The molecule has 0 fully saturated rings. The first-order chi connectivity index (χ1) is 12.3. The molecule has 0 bridgehead atoms. The minimum atomic E-state index is -0.203. The number of benzene rings is 3. The van der Waals surface area contributed by atoms with E-state index in [9.17, 15) is 4.79 Å². The van der Waals surface area contributed by atoms with Crippen molar-refractivity contribution in [3.8, 4) is 0 Å². The van der Waals surface area contributed by atoms with Crippen LogP contribution >= 0.6 is 0 Å². The molecule has 132 valence electrons. The first kappa shape index (κ1) is 17.9. The number of amides is 1. The molecule has 0 saturated carbocycles. The maximum absolute atomic E-state index is 12.3. The van der Waals surface area contributed by atoms with Gasteiger partial charge in [0.15, 0.2) is 0 Å². The van der Waals surface area contributed by atoms with E-state index < -0.39 is 0 Å². The lowest BCUT2D eigenvalue weighted by atomic mass is 9.87. The Morgan fingerprint density at radius 1 is 0.846 bits per heavy atom. The van der Waals surface area contributed by atoms with Crippen molar-refractivity contribution in [2.45, 2.75) is 33.1 Å². The van der Waals surface area contributed by atoms with Crippen LogP contribution in [-0.2, 0) is 5.41 Å². The van der Waals surface area contributed by atoms with E-state index >= 15 is 0 Å². The summed E-state index contributed by atoms with van der Waals surface area (Å²) >= 11 is 0. The first-order valence-corrected chi connectivity index (χ1v) is 8.79. The van der Waals surface area contributed by atoms with Crippen LogP contribution in [0.3, 0.4) is 0 Å². The summed E-state index contributed by atoms with van der Waals surface area (Å²) in [7, 11) is 0. The molecular weight excluding hydrogens is 320 g/mol. The second-order valence-corrected chi connectivity index (χ2v) is 7.53. The van der Waals surface area contributed by atoms with Gasteiger partial charge in [-0.2, -0.15) is 5.10 Å². The normalized spacial score (nSPS) is 12.2. The van der Waals surface area contributed by atoms with E-state index in [-0.39, 0.29) is 11.3 Å². The number of hydrogen-bond donors (Lipinski definition) is 1. The second-order valence-electron chi connectivity index (χ2n) is 7.53. The molecule has 0 aliphatic rings. The van der Waals surface area contributed by atoms with Crippen molar-refractivity contribution >= 4 is 22.4 Å². The van der Waals surface area contributed by atoms with E-state index in [0.29, 0.717) is 5.56 Å². The van der Waals surface area contributed by atoms with Crippen molar-refractivity contribution < 1.29 is 4.79 Å². The molecule has 0 spiro atoms. The molecule has 1 amide bonds. The molecule has 0 heterocycles. The van der Waals surface area contributed by atoms with Crippen LogP contribution in [0.15, 0.2) is 71.8 Å². The molecule has 0 aliphatic heterocycles. The SMILES string of the molecule is CC(=NNC(=O)c1ccc(C(C)(C)C)cc1)c1ccc2ccccc2c1. The molecule has 3 rings (SSSR count). The lowest BCUT2D eigenvalue weighted by Crippen LogP contribution is -2.20. The van der Waals surface area contributed by atoms with Gasteiger partial charge in [-0.25, -0.2) is 5.43 Å². The smallest absolute Gasteiger partial charge is 0.267 e. The van der Waals surface area contributed by atoms with E-state index in [1.807, 2.05) is 49.4 Å². The molecule has 0 unspecified atom stereocenters. The van der Waals surface area contributed by atoms with Crippen LogP contribution in [0, 0.1) is 0 Å². The topological polar surface area (TPSA) is 41.5 Å². The quantitative estimate of drug-likeness (QED) is 0.509. The minimum Gasteiger partial charge on any atom is -0.267 e. The highest BCUT2D eigenvalue weighted by Gasteiger charge is 2.14. The maximum Gasteiger partial charge on any atom is 0.271 e. The van der Waals surface area contributed by atoms with Crippen LogP contribution in [0.5, 0.6) is 0 Å². The monoisotopic (exact) mass is 344 g/mol. The van der Waals surface area contributed by atoms with Gasteiger partial charge in [-0.05, 0) is 52.4 Å². The van der Waals surface area contributed by atoms with Crippen molar-refractivity contribution in [1.82, 2.24) is 5.43 Å². The summed E-state index contributed by atoms with van der Waals surface area (Å²) in [4.78, 5) is 12.3. The third-order valence-corrected chi connectivity index (χ3v) is 4.51. The van der Waals surface area contributed by atoms with E-state index in [0.717, 1.165) is 16.7 Å². The third kappa shape index (κ3) is 3.99. The van der Waals surface area contributed by atoms with Gasteiger partial charge in [-0.1, -0.05) is 69.3 Å². The Labute approximate surface area is 154 Å². The fraction of sp³-hybridized carbons (Fsp3) is 0.217. The number of hydrogen-bond acceptors (Lipinski definition) is 2. The average Bonchev–Trinajstić information content (AvgIpc) is 2.64. The molecule has 1 N–H and O–H groups in total. The predicted molar refractivity (Wildman–Crippen MR) is 109 cm³/mol. The Balaban J connectivity index is 1.74. The van der Waals surface area contributed by atoms with Crippen molar-refractivity contribution in [3.63, 3.8) is 0 Å². The summed E-state index contributed by atoms with van der Waals surface area (Å²) in [5.41, 5.74) is 6.29. The summed E-state index contributed by atoms with van der Waals surface area (Å²) in [6.45, 7) is 8.35. The zero-order chi connectivity index (χ0) is 18.7. The van der Waals surface area contributed by atoms with Crippen molar-refractivity contribution in [3.05, 3.63) is 83.4 Å². The largest absolute Gasteiger partial charge is 0.271 e. The van der Waals surface area contributed by atoms with Gasteiger partial charge in [0.25, 0.3) is 5.91 Å². The zero-order valence-corrected chi connectivity index (χ0v) is 15.7. The average molecular weight is 344 g/mol. The highest BCUT2D eigenvalue weighted by atomic mass is 16.2. The maximum atomic E-state index is 12.3. The molecule has 0 atom stereocenters. The highest BCUT2D eigenvalue weighted by molar-refractivity contribution is 6.03. The molecule has 0 radical (unpaired) electrons. The molecular formula is C23H24N2O. The van der Waals surface area contributed by atoms with Gasteiger partial charge in [-0.3, -0.25) is 4.79 Å². The number of nitrogens with zero attached hydrogens (tertiary/aromatic N) is 1. The summed E-state index contributed by atoms with van der Waals surface area (Å²) < 4.78 is 0. The van der Waals surface area contributed by atoms with Crippen molar-refractivity contribution in [2.24, 2.45) is 5.10 Å². The lowest BCUT2D eigenvalue weighted by Gasteiger charge is -2.18. The third-order valence-electron chi connectivity index (χ3n) is 4.51. The number of hydrazone groups is 1. The number of rotatable bonds is 3. The second kappa shape index (κ2) is 7.12. The van der Waals surface area contributed by atoms with Gasteiger partial charge in [0, 0.05) is 5.56 Å². The molecule has 3 heteroatoms. The summed E-state index contributed by atoms with van der Waals surface area (Å²) in [5, 5.41) is 6.61. The molecule has 3 aromatic carbocycles. The molecule has 3 nitrogen and oxygen atoms in total. The molecule has 0 aromatic heterocycles. The van der Waals surface area contributed by atoms with Gasteiger partial charge in [0.2, 0.25) is 0 Å². The van der Waals surface area contributed by atoms with E-state index in [4.69, 9.17) is 0 Å². The number of fused-ring (bicyclic) bond motifs is 1. The predicted octanol–water partition coefficient (Wildman–Crippen LogP) is 5.29. The molecule has 3 aromatic rings. The number of carbonyl (C=O) groups excluding carboxylic acids is 1. The standard InChI is InChI=1S/C23H24N2O/c1-16(19-10-9-17-7-5-6-8-20(17)15-19)24-25-22(26)18-11-13-21(14-12-18)23(2,3)4/h5-15H,1-4H3,(H,25,26). The highest BCUT2D eigenvalue weighted by Crippen LogP contribution is 2.22. The summed E-state index contributed by atoms with van der Waals surface area (Å²) in [6, 6.07) is 22.0. The Kier molecular flexibility index (Phi) is 4.90. The van der Waals surface area contributed by atoms with Crippen LogP contribution < -0.4 is 5.43 Å². The van der Waals surface area contributed by atoms with Crippen molar-refractivity contribution in [1.29, 1.82) is 0 Å². The van der Waals surface area contributed by atoms with Crippen LogP contribution in [0.4, 0.5) is 0 Å². The van der Waals surface area contributed by atoms with Gasteiger partial charge in [0.1, 0.15) is 0 Å². The minimum absolute atomic E-state index is 0.0693. The van der Waals surface area contributed by atoms with Gasteiger partial charge in [-0.15, -0.1) is 0 Å². The fourth-order valence-electron chi connectivity index (χ4n) is 2.80. The van der Waals surface area contributed by atoms with Gasteiger partial charge in [0.05, 0.1) is 5.71 Å². The van der Waals surface area contributed by atoms with E-state index in [2.05, 4.69) is 55.6 Å². The first-order valence-electron chi connectivity index (χ1n) is 8.79.